The van der Waals surface area contributed by atoms with Gasteiger partial charge in [-0.15, -0.1) is 0 Å². The third-order valence-corrected chi connectivity index (χ3v) is 3.57. The van der Waals surface area contributed by atoms with Crippen LogP contribution in [0.2, 0.25) is 0 Å². The van der Waals surface area contributed by atoms with Gasteiger partial charge < -0.3 is 10.4 Å². The fourth-order valence-corrected chi connectivity index (χ4v) is 2.45. The topological polar surface area (TPSA) is 101 Å². The predicted molar refractivity (Wildman–Crippen MR) is 85.2 cm³/mol. The molecule has 0 bridgehead atoms. The van der Waals surface area contributed by atoms with Crippen molar-refractivity contribution >= 4 is 22.6 Å². The molecule has 122 valence electrons. The molecule has 0 aliphatic carbocycles. The van der Waals surface area contributed by atoms with Crippen molar-refractivity contribution in [3.63, 3.8) is 0 Å². The molecule has 23 heavy (non-hydrogen) atoms. The molecule has 1 atom stereocenters. The van der Waals surface area contributed by atoms with Gasteiger partial charge in [-0.3, -0.25) is 9.59 Å². The molecular formula is C16H19N3O4. The molecular weight excluding hydrogens is 298 g/mol. The van der Waals surface area contributed by atoms with E-state index in [-0.39, 0.29) is 12.0 Å². The number of carboxylic acids is 1. The van der Waals surface area contributed by atoms with Gasteiger partial charge >= 0.3 is 5.97 Å². The molecule has 2 rings (SSSR count). The first-order chi connectivity index (χ1) is 10.9. The van der Waals surface area contributed by atoms with Crippen LogP contribution in [0, 0.1) is 0 Å². The van der Waals surface area contributed by atoms with E-state index in [4.69, 9.17) is 5.11 Å². The van der Waals surface area contributed by atoms with E-state index in [2.05, 4.69) is 10.4 Å². The smallest absolute Gasteiger partial charge is 0.326 e. The highest BCUT2D eigenvalue weighted by molar-refractivity contribution is 5.90. The van der Waals surface area contributed by atoms with Gasteiger partial charge in [-0.05, 0) is 12.5 Å². The van der Waals surface area contributed by atoms with Gasteiger partial charge in [0.25, 0.3) is 5.56 Å². The summed E-state index contributed by atoms with van der Waals surface area (Å²) in [6, 6.07) is 6.01. The lowest BCUT2D eigenvalue weighted by Crippen LogP contribution is -2.41. The summed E-state index contributed by atoms with van der Waals surface area (Å²) < 4.78 is 1.19. The summed E-state index contributed by atoms with van der Waals surface area (Å²) in [5.74, 6) is -1.49. The first-order valence-electron chi connectivity index (χ1n) is 7.41. The maximum atomic E-state index is 12.1. The molecule has 2 N–H and O–H groups in total. The predicted octanol–water partition coefficient (Wildman–Crippen LogP) is 0.845. The number of hydrogen-bond donors (Lipinski definition) is 2. The van der Waals surface area contributed by atoms with Crippen molar-refractivity contribution in [2.45, 2.75) is 32.2 Å². The highest BCUT2D eigenvalue weighted by Crippen LogP contribution is 2.13. The van der Waals surface area contributed by atoms with Crippen molar-refractivity contribution in [1.82, 2.24) is 15.1 Å². The molecule has 0 spiro atoms. The van der Waals surface area contributed by atoms with Crippen LogP contribution in [0.1, 0.15) is 25.5 Å². The number of aliphatic carboxylic acids is 1. The van der Waals surface area contributed by atoms with Gasteiger partial charge in [0, 0.05) is 12.4 Å². The van der Waals surface area contributed by atoms with Crippen LogP contribution in [-0.2, 0) is 23.1 Å². The molecule has 1 amide bonds. The highest BCUT2D eigenvalue weighted by Gasteiger charge is 2.20. The van der Waals surface area contributed by atoms with Crippen LogP contribution < -0.4 is 10.9 Å². The van der Waals surface area contributed by atoms with E-state index in [0.29, 0.717) is 29.3 Å². The average molecular weight is 317 g/mol. The Hall–Kier alpha value is -2.70. The Morgan fingerprint density at radius 2 is 1.96 bits per heavy atom. The third kappa shape index (κ3) is 3.74. The van der Waals surface area contributed by atoms with Crippen LogP contribution in [0.15, 0.2) is 29.1 Å². The maximum absolute atomic E-state index is 12.1. The van der Waals surface area contributed by atoms with Crippen LogP contribution >= 0.6 is 0 Å². The van der Waals surface area contributed by atoms with E-state index in [0.717, 1.165) is 0 Å². The number of aromatic nitrogens is 2. The fraction of sp³-hybridized carbons (Fsp3) is 0.375. The average Bonchev–Trinajstić information content (AvgIpc) is 2.52. The van der Waals surface area contributed by atoms with Gasteiger partial charge in [0.2, 0.25) is 5.91 Å². The lowest BCUT2D eigenvalue weighted by molar-refractivity contribution is -0.141. The van der Waals surface area contributed by atoms with Crippen LogP contribution in [0.25, 0.3) is 10.8 Å². The molecule has 1 unspecified atom stereocenters. The van der Waals surface area contributed by atoms with E-state index in [1.54, 1.807) is 24.3 Å². The monoisotopic (exact) mass is 317 g/mol. The van der Waals surface area contributed by atoms with Gasteiger partial charge in [0.05, 0.1) is 17.5 Å². The molecule has 0 saturated carbocycles. The molecule has 0 saturated heterocycles. The second-order valence-corrected chi connectivity index (χ2v) is 5.34. The van der Waals surface area contributed by atoms with E-state index >= 15 is 0 Å². The molecule has 2 aromatic rings. The molecule has 1 aromatic heterocycles. The van der Waals surface area contributed by atoms with E-state index < -0.39 is 17.9 Å². The van der Waals surface area contributed by atoms with Crippen LogP contribution in [0.3, 0.4) is 0 Å². The van der Waals surface area contributed by atoms with E-state index in [9.17, 15) is 14.4 Å². The summed E-state index contributed by atoms with van der Waals surface area (Å²) in [6.07, 6.45) is 0.933. The Morgan fingerprint density at radius 1 is 1.30 bits per heavy atom. The lowest BCUT2D eigenvalue weighted by atomic mass is 10.1. The number of carbonyl (C=O) groups excluding carboxylic acids is 1. The second kappa shape index (κ2) is 7.04. The Bertz CT molecular complexity index is 798. The molecule has 1 aromatic carbocycles. The standard InChI is InChI=1S/C16H19N3O4/c1-3-6-12(16(22)23)17-14(20)9-13-10-7-4-5-8-11(10)15(21)19(2)18-13/h4-5,7-8,12H,3,6,9H2,1-2H3,(H,17,20)(H,22,23). The number of nitrogens with one attached hydrogen (secondary N) is 1. The number of hydrogen-bond acceptors (Lipinski definition) is 4. The summed E-state index contributed by atoms with van der Waals surface area (Å²) in [6.45, 7) is 1.85. The second-order valence-electron chi connectivity index (χ2n) is 5.34. The fourth-order valence-electron chi connectivity index (χ4n) is 2.45. The van der Waals surface area contributed by atoms with Crippen molar-refractivity contribution in [3.8, 4) is 0 Å². The molecule has 0 aliphatic rings. The van der Waals surface area contributed by atoms with Crippen molar-refractivity contribution in [2.75, 3.05) is 0 Å². The summed E-state index contributed by atoms with van der Waals surface area (Å²) >= 11 is 0. The minimum Gasteiger partial charge on any atom is -0.480 e. The third-order valence-electron chi connectivity index (χ3n) is 3.57. The quantitative estimate of drug-likeness (QED) is 0.822. The first kappa shape index (κ1) is 16.7. The Morgan fingerprint density at radius 3 is 2.57 bits per heavy atom. The Kier molecular flexibility index (Phi) is 5.10. The van der Waals surface area contributed by atoms with Crippen molar-refractivity contribution in [1.29, 1.82) is 0 Å². The maximum Gasteiger partial charge on any atom is 0.326 e. The molecule has 0 aliphatic heterocycles. The molecule has 1 heterocycles. The molecule has 0 radical (unpaired) electrons. The summed E-state index contributed by atoms with van der Waals surface area (Å²) in [5.41, 5.74) is 0.208. The van der Waals surface area contributed by atoms with Gasteiger partial charge in [0.1, 0.15) is 6.04 Å². The zero-order valence-electron chi connectivity index (χ0n) is 13.1. The number of carbonyl (C=O) groups is 2. The lowest BCUT2D eigenvalue weighted by Gasteiger charge is -2.14. The Labute approximate surface area is 132 Å². The van der Waals surface area contributed by atoms with Gasteiger partial charge in [0.15, 0.2) is 0 Å². The number of benzene rings is 1. The normalized spacial score (nSPS) is 12.1. The number of amides is 1. The zero-order valence-corrected chi connectivity index (χ0v) is 13.1. The number of fused-ring (bicyclic) bond motifs is 1. The number of rotatable bonds is 6. The molecule has 0 fully saturated rings. The van der Waals surface area contributed by atoms with Crippen molar-refractivity contribution in [2.24, 2.45) is 7.05 Å². The zero-order chi connectivity index (χ0) is 17.0. The summed E-state index contributed by atoms with van der Waals surface area (Å²) in [5, 5.41) is 16.8. The molecule has 7 heteroatoms. The van der Waals surface area contributed by atoms with E-state index in [1.165, 1.54) is 11.7 Å². The number of nitrogens with zero attached hydrogens (tertiary/aromatic N) is 2. The summed E-state index contributed by atoms with van der Waals surface area (Å²) in [7, 11) is 1.52. The van der Waals surface area contributed by atoms with Crippen LogP contribution in [0.4, 0.5) is 0 Å². The Balaban J connectivity index is 2.28. The minimum absolute atomic E-state index is 0.0812. The summed E-state index contributed by atoms with van der Waals surface area (Å²) in [4.78, 5) is 35.3. The van der Waals surface area contributed by atoms with Crippen molar-refractivity contribution in [3.05, 3.63) is 40.3 Å². The van der Waals surface area contributed by atoms with Gasteiger partial charge in [-0.25, -0.2) is 9.48 Å². The minimum atomic E-state index is -1.06. The molecule has 7 nitrogen and oxygen atoms in total. The van der Waals surface area contributed by atoms with Crippen LogP contribution in [-0.4, -0.2) is 32.8 Å². The van der Waals surface area contributed by atoms with Crippen molar-refractivity contribution < 1.29 is 14.7 Å². The highest BCUT2D eigenvalue weighted by atomic mass is 16.4. The number of carboxylic acid groups (broad SMARTS) is 1. The van der Waals surface area contributed by atoms with Crippen LogP contribution in [0.5, 0.6) is 0 Å². The van der Waals surface area contributed by atoms with E-state index in [1.807, 2.05) is 6.92 Å². The van der Waals surface area contributed by atoms with Gasteiger partial charge in [-0.1, -0.05) is 31.5 Å². The van der Waals surface area contributed by atoms with Gasteiger partial charge in [-0.2, -0.15) is 5.10 Å². The number of aryl methyl sites for hydroxylation is 1. The SMILES string of the molecule is CCCC(NC(=O)Cc1nn(C)c(=O)c2ccccc12)C(=O)O. The first-order valence-corrected chi connectivity index (χ1v) is 7.41. The largest absolute Gasteiger partial charge is 0.480 e.